The first-order valence-electron chi connectivity index (χ1n) is 5.24. The summed E-state index contributed by atoms with van der Waals surface area (Å²) >= 11 is 9.87. The van der Waals surface area contributed by atoms with Gasteiger partial charge in [-0.25, -0.2) is 4.79 Å². The molecule has 1 aromatic rings. The topological polar surface area (TPSA) is 26.3 Å². The average Bonchev–Trinajstić information content (AvgIpc) is 2.27. The van der Waals surface area contributed by atoms with Crippen LogP contribution in [0.15, 0.2) is 23.1 Å². The van der Waals surface area contributed by atoms with Crippen LogP contribution >= 0.6 is 24.2 Å². The van der Waals surface area contributed by atoms with E-state index in [1.807, 2.05) is 12.1 Å². The highest BCUT2D eigenvalue weighted by atomic mass is 35.5. The highest BCUT2D eigenvalue weighted by molar-refractivity contribution is 7.80. The minimum absolute atomic E-state index is 0.289. The van der Waals surface area contributed by atoms with Gasteiger partial charge in [0.05, 0.1) is 12.2 Å². The van der Waals surface area contributed by atoms with Crippen molar-refractivity contribution in [1.82, 2.24) is 0 Å². The van der Waals surface area contributed by atoms with E-state index in [0.29, 0.717) is 18.1 Å². The molecule has 0 N–H and O–H groups in total. The average molecular weight is 259 g/mol. The normalized spacial score (nSPS) is 10.2. The van der Waals surface area contributed by atoms with Crippen LogP contribution < -0.4 is 0 Å². The number of aryl methyl sites for hydroxylation is 1. The second-order valence-electron chi connectivity index (χ2n) is 3.35. The van der Waals surface area contributed by atoms with Gasteiger partial charge in [-0.05, 0) is 37.5 Å². The highest BCUT2D eigenvalue weighted by Crippen LogP contribution is 2.17. The summed E-state index contributed by atoms with van der Waals surface area (Å²) in [6, 6.07) is 5.52. The summed E-state index contributed by atoms with van der Waals surface area (Å²) in [5.74, 6) is 0.299. The fraction of sp³-hybridized carbons (Fsp3) is 0.417. The van der Waals surface area contributed by atoms with Crippen LogP contribution in [-0.2, 0) is 11.2 Å². The number of hydrogen-bond acceptors (Lipinski definition) is 3. The van der Waals surface area contributed by atoms with Crippen molar-refractivity contribution in [3.05, 3.63) is 29.3 Å². The smallest absolute Gasteiger partial charge is 0.338 e. The summed E-state index contributed by atoms with van der Waals surface area (Å²) in [6.45, 7) is 2.17. The third-order valence-electron chi connectivity index (χ3n) is 2.17. The van der Waals surface area contributed by atoms with E-state index in [0.717, 1.165) is 23.3 Å². The molecule has 0 saturated carbocycles. The van der Waals surface area contributed by atoms with Crippen molar-refractivity contribution in [3.8, 4) is 0 Å². The molecular weight excluding hydrogens is 244 g/mol. The van der Waals surface area contributed by atoms with E-state index in [4.69, 9.17) is 16.3 Å². The van der Waals surface area contributed by atoms with Crippen molar-refractivity contribution < 1.29 is 9.53 Å². The molecule has 1 aromatic carbocycles. The number of thiol groups is 1. The van der Waals surface area contributed by atoms with Gasteiger partial charge in [0.15, 0.2) is 0 Å². The molecule has 0 heterocycles. The van der Waals surface area contributed by atoms with Gasteiger partial charge < -0.3 is 4.74 Å². The van der Waals surface area contributed by atoms with E-state index in [1.165, 1.54) is 0 Å². The number of ether oxygens (including phenoxy) is 1. The molecule has 16 heavy (non-hydrogen) atoms. The van der Waals surface area contributed by atoms with Crippen LogP contribution in [0.2, 0.25) is 0 Å². The zero-order valence-electron chi connectivity index (χ0n) is 9.20. The molecule has 4 heteroatoms. The molecule has 0 unspecified atom stereocenters. The molecule has 0 atom stereocenters. The van der Waals surface area contributed by atoms with E-state index in [9.17, 15) is 4.79 Å². The maximum absolute atomic E-state index is 11.7. The summed E-state index contributed by atoms with van der Waals surface area (Å²) < 4.78 is 5.00. The zero-order valence-corrected chi connectivity index (χ0v) is 10.9. The van der Waals surface area contributed by atoms with Crippen LogP contribution in [0.1, 0.15) is 29.3 Å². The quantitative estimate of drug-likeness (QED) is 0.498. The lowest BCUT2D eigenvalue weighted by Crippen LogP contribution is -2.08. The molecule has 0 fully saturated rings. The van der Waals surface area contributed by atoms with Crippen molar-refractivity contribution in [3.63, 3.8) is 0 Å². The molecule has 0 spiro atoms. The Balaban J connectivity index is 2.93. The van der Waals surface area contributed by atoms with Crippen molar-refractivity contribution in [2.24, 2.45) is 0 Å². The molecule has 0 bridgehead atoms. The first-order valence-corrected chi connectivity index (χ1v) is 6.22. The second kappa shape index (κ2) is 6.81. The molecule has 0 saturated heterocycles. The molecule has 0 aliphatic rings. The van der Waals surface area contributed by atoms with Crippen molar-refractivity contribution >= 4 is 30.2 Å². The van der Waals surface area contributed by atoms with Gasteiger partial charge >= 0.3 is 5.97 Å². The van der Waals surface area contributed by atoms with Gasteiger partial charge in [0, 0.05) is 10.8 Å². The fourth-order valence-electron chi connectivity index (χ4n) is 1.44. The Morgan fingerprint density at radius 1 is 1.50 bits per heavy atom. The number of alkyl halides is 1. The lowest BCUT2D eigenvalue weighted by Gasteiger charge is -2.08. The summed E-state index contributed by atoms with van der Waals surface area (Å²) in [5, 5.41) is 0. The van der Waals surface area contributed by atoms with Gasteiger partial charge in [0.2, 0.25) is 0 Å². The van der Waals surface area contributed by atoms with E-state index in [1.54, 1.807) is 13.0 Å². The van der Waals surface area contributed by atoms with Crippen LogP contribution in [0.25, 0.3) is 0 Å². The minimum Gasteiger partial charge on any atom is -0.462 e. The molecule has 0 amide bonds. The minimum atomic E-state index is -0.289. The third-order valence-corrected chi connectivity index (χ3v) is 2.71. The number of rotatable bonds is 5. The molecule has 88 valence electrons. The number of benzene rings is 1. The Hall–Kier alpha value is -0.670. The predicted octanol–water partition coefficient (Wildman–Crippen LogP) is 3.32. The van der Waals surface area contributed by atoms with Gasteiger partial charge in [0.25, 0.3) is 0 Å². The number of esters is 1. The number of halogens is 1. The van der Waals surface area contributed by atoms with Crippen molar-refractivity contribution in [1.29, 1.82) is 0 Å². The summed E-state index contributed by atoms with van der Waals surface area (Å²) in [6.07, 6.45) is 1.63. The van der Waals surface area contributed by atoms with Crippen molar-refractivity contribution in [2.45, 2.75) is 24.7 Å². The highest BCUT2D eigenvalue weighted by Gasteiger charge is 2.12. The second-order valence-corrected chi connectivity index (χ2v) is 4.25. The molecule has 0 radical (unpaired) electrons. The van der Waals surface area contributed by atoms with Crippen LogP contribution in [0, 0.1) is 0 Å². The fourth-order valence-corrected chi connectivity index (χ4v) is 1.78. The molecule has 1 rings (SSSR count). The lowest BCUT2D eigenvalue weighted by molar-refractivity contribution is 0.0525. The third kappa shape index (κ3) is 3.72. The van der Waals surface area contributed by atoms with Gasteiger partial charge in [0.1, 0.15) is 0 Å². The van der Waals surface area contributed by atoms with Gasteiger partial charge in [-0.2, -0.15) is 0 Å². The maximum atomic E-state index is 11.7. The molecule has 0 aliphatic carbocycles. The Morgan fingerprint density at radius 2 is 2.25 bits per heavy atom. The molecular formula is C12H15ClO2S. The van der Waals surface area contributed by atoms with Crippen LogP contribution in [0.5, 0.6) is 0 Å². The Kier molecular flexibility index (Phi) is 5.71. The monoisotopic (exact) mass is 258 g/mol. The number of carbonyl (C=O) groups excluding carboxylic acids is 1. The standard InChI is InChI=1S/C12H15ClO2S/c1-2-15-12(14)11-8-10(16)6-5-9(11)4-3-7-13/h5-6,8,16H,2-4,7H2,1H3. The van der Waals surface area contributed by atoms with Gasteiger partial charge in [-0.3, -0.25) is 0 Å². The SMILES string of the molecule is CCOC(=O)c1cc(S)ccc1CCCCl. The Labute approximate surface area is 106 Å². The van der Waals surface area contributed by atoms with Crippen molar-refractivity contribution in [2.75, 3.05) is 12.5 Å². The molecule has 2 nitrogen and oxygen atoms in total. The van der Waals surface area contributed by atoms with E-state index in [2.05, 4.69) is 12.6 Å². The number of hydrogen-bond donors (Lipinski definition) is 1. The van der Waals surface area contributed by atoms with Crippen LogP contribution in [-0.4, -0.2) is 18.5 Å². The lowest BCUT2D eigenvalue weighted by atomic mass is 10.0. The first kappa shape index (κ1) is 13.4. The molecule has 0 aromatic heterocycles. The van der Waals surface area contributed by atoms with E-state index >= 15 is 0 Å². The zero-order chi connectivity index (χ0) is 12.0. The number of carbonyl (C=O) groups is 1. The first-order chi connectivity index (χ1) is 7.69. The Morgan fingerprint density at radius 3 is 2.88 bits per heavy atom. The van der Waals surface area contributed by atoms with E-state index in [-0.39, 0.29) is 5.97 Å². The Bertz CT molecular complexity index is 366. The van der Waals surface area contributed by atoms with E-state index < -0.39 is 0 Å². The largest absolute Gasteiger partial charge is 0.462 e. The predicted molar refractivity (Wildman–Crippen MR) is 68.7 cm³/mol. The molecule has 0 aliphatic heterocycles. The summed E-state index contributed by atoms with van der Waals surface area (Å²) in [7, 11) is 0. The summed E-state index contributed by atoms with van der Waals surface area (Å²) in [5.41, 5.74) is 1.57. The van der Waals surface area contributed by atoms with Gasteiger partial charge in [-0.1, -0.05) is 6.07 Å². The maximum Gasteiger partial charge on any atom is 0.338 e. The summed E-state index contributed by atoms with van der Waals surface area (Å²) in [4.78, 5) is 12.5. The van der Waals surface area contributed by atoms with Gasteiger partial charge in [-0.15, -0.1) is 24.2 Å². The van der Waals surface area contributed by atoms with Crippen LogP contribution in [0.4, 0.5) is 0 Å². The van der Waals surface area contributed by atoms with Crippen LogP contribution in [0.3, 0.4) is 0 Å².